The van der Waals surface area contributed by atoms with Crippen LogP contribution in [0.5, 0.6) is 0 Å². The number of hydrazine groups is 1. The van der Waals surface area contributed by atoms with Gasteiger partial charge in [0.2, 0.25) is 11.3 Å². The van der Waals surface area contributed by atoms with E-state index >= 15 is 0 Å². The molecule has 0 aliphatic rings. The summed E-state index contributed by atoms with van der Waals surface area (Å²) in [4.78, 5) is 25.9. The van der Waals surface area contributed by atoms with Crippen LogP contribution in [0.1, 0.15) is 20.8 Å². The Labute approximate surface area is 120 Å². The van der Waals surface area contributed by atoms with Crippen LogP contribution in [0.4, 0.5) is 5.69 Å². The molecule has 0 aromatic heterocycles. The van der Waals surface area contributed by atoms with Crippen LogP contribution < -0.4 is 15.9 Å². The fourth-order valence-corrected chi connectivity index (χ4v) is 1.93. The number of rotatable bonds is 7. The van der Waals surface area contributed by atoms with E-state index in [1.54, 1.807) is 24.3 Å². The molecule has 0 spiro atoms. The lowest BCUT2D eigenvalue weighted by Gasteiger charge is -2.24. The fraction of sp³-hybridized carbons (Fsp3) is 0.467. The van der Waals surface area contributed by atoms with Crippen molar-refractivity contribution >= 4 is 11.6 Å². The number of nitrogens with one attached hydrogen (secondary N) is 1. The van der Waals surface area contributed by atoms with Crippen LogP contribution in [0.15, 0.2) is 35.1 Å². The van der Waals surface area contributed by atoms with E-state index in [0.29, 0.717) is 12.2 Å². The summed E-state index contributed by atoms with van der Waals surface area (Å²) in [5.74, 6) is -0.201. The Kier molecular flexibility index (Phi) is 6.90. The van der Waals surface area contributed by atoms with Crippen molar-refractivity contribution in [1.82, 2.24) is 10.3 Å². The van der Waals surface area contributed by atoms with Gasteiger partial charge in [-0.1, -0.05) is 32.0 Å². The molecular formula is C15H23N3O2. The predicted octanol–water partition coefficient (Wildman–Crippen LogP) is 1.25. The van der Waals surface area contributed by atoms with Crippen molar-refractivity contribution in [2.24, 2.45) is 0 Å². The zero-order valence-electron chi connectivity index (χ0n) is 12.4. The molecule has 0 bridgehead atoms. The minimum atomic E-state index is -0.201. The third-order valence-electron chi connectivity index (χ3n) is 3.12. The third-order valence-corrected chi connectivity index (χ3v) is 3.12. The highest BCUT2D eigenvalue weighted by atomic mass is 16.2. The van der Waals surface area contributed by atoms with Gasteiger partial charge in [-0.3, -0.25) is 9.59 Å². The Morgan fingerprint density at radius 3 is 2.40 bits per heavy atom. The van der Waals surface area contributed by atoms with Gasteiger partial charge in [0, 0.05) is 20.0 Å². The van der Waals surface area contributed by atoms with Crippen molar-refractivity contribution in [2.45, 2.75) is 20.8 Å². The number of likely N-dealkylation sites (N-methyl/N-ethyl adjacent to an activating group) is 1. The molecule has 0 radical (unpaired) electrons. The van der Waals surface area contributed by atoms with Crippen LogP contribution in [0.3, 0.4) is 0 Å². The van der Waals surface area contributed by atoms with E-state index in [1.165, 1.54) is 18.0 Å². The minimum absolute atomic E-state index is 0.180. The molecule has 5 nitrogen and oxygen atoms in total. The molecule has 1 amide bonds. The van der Waals surface area contributed by atoms with E-state index in [2.05, 4.69) is 24.2 Å². The van der Waals surface area contributed by atoms with Gasteiger partial charge < -0.3 is 4.90 Å². The van der Waals surface area contributed by atoms with E-state index in [4.69, 9.17) is 0 Å². The van der Waals surface area contributed by atoms with Crippen molar-refractivity contribution in [3.8, 4) is 0 Å². The second-order valence-corrected chi connectivity index (χ2v) is 4.45. The maximum absolute atomic E-state index is 11.9. The number of carbonyl (C=O) groups excluding carboxylic acids is 1. The number of amides is 1. The Hall–Kier alpha value is -1.72. The number of hydrogen-bond acceptors (Lipinski definition) is 4. The van der Waals surface area contributed by atoms with Gasteiger partial charge in [0.25, 0.3) is 0 Å². The van der Waals surface area contributed by atoms with Gasteiger partial charge in [0.05, 0.1) is 0 Å². The lowest BCUT2D eigenvalue weighted by atomic mass is 10.4. The molecule has 1 N–H and O–H groups in total. The van der Waals surface area contributed by atoms with Crippen molar-refractivity contribution in [1.29, 1.82) is 0 Å². The van der Waals surface area contributed by atoms with Crippen LogP contribution in [0.2, 0.25) is 0 Å². The number of carbonyl (C=O) groups is 1. The molecule has 1 rings (SSSR count). The summed E-state index contributed by atoms with van der Waals surface area (Å²) in [6.45, 7) is 9.00. The standard InChI is InChI=1S/C15H23N3O2/c1-4-17(5-2)12-11-16-18(13(3)19)14-9-7-6-8-10-15(14)20/h6-10,16H,4-5,11-12H2,1-3H3. The second-order valence-electron chi connectivity index (χ2n) is 4.45. The van der Waals surface area contributed by atoms with Crippen LogP contribution in [-0.4, -0.2) is 37.0 Å². The molecule has 0 aliphatic carbocycles. The lowest BCUT2D eigenvalue weighted by molar-refractivity contribution is -0.117. The van der Waals surface area contributed by atoms with Gasteiger partial charge >= 0.3 is 0 Å². The zero-order chi connectivity index (χ0) is 15.0. The number of nitrogens with zero attached hydrogens (tertiary/aromatic N) is 2. The van der Waals surface area contributed by atoms with Gasteiger partial charge in [-0.25, -0.2) is 10.4 Å². The van der Waals surface area contributed by atoms with Crippen LogP contribution in [0.25, 0.3) is 0 Å². The van der Waals surface area contributed by atoms with Gasteiger partial charge in [-0.05, 0) is 25.2 Å². The summed E-state index contributed by atoms with van der Waals surface area (Å²) in [6.07, 6.45) is 0. The monoisotopic (exact) mass is 277 g/mol. The molecule has 0 saturated carbocycles. The largest absolute Gasteiger partial charge is 0.303 e. The number of hydrogen-bond donors (Lipinski definition) is 1. The molecular weight excluding hydrogens is 254 g/mol. The second kappa shape index (κ2) is 8.45. The molecule has 110 valence electrons. The molecule has 1 aromatic rings. The van der Waals surface area contributed by atoms with E-state index in [0.717, 1.165) is 19.6 Å². The van der Waals surface area contributed by atoms with E-state index in [9.17, 15) is 9.59 Å². The Morgan fingerprint density at radius 1 is 1.15 bits per heavy atom. The Morgan fingerprint density at radius 2 is 1.80 bits per heavy atom. The highest BCUT2D eigenvalue weighted by Crippen LogP contribution is 2.04. The first kappa shape index (κ1) is 16.3. The summed E-state index contributed by atoms with van der Waals surface area (Å²) in [7, 11) is 0. The van der Waals surface area contributed by atoms with Gasteiger partial charge in [0.1, 0.15) is 5.69 Å². The van der Waals surface area contributed by atoms with E-state index in [1.807, 2.05) is 0 Å². The highest BCUT2D eigenvalue weighted by Gasteiger charge is 2.13. The average Bonchev–Trinajstić information content (AvgIpc) is 2.64. The molecule has 0 aliphatic heterocycles. The first-order valence-electron chi connectivity index (χ1n) is 6.96. The van der Waals surface area contributed by atoms with Gasteiger partial charge in [-0.2, -0.15) is 0 Å². The molecule has 0 heterocycles. The average molecular weight is 277 g/mol. The van der Waals surface area contributed by atoms with E-state index in [-0.39, 0.29) is 11.3 Å². The topological polar surface area (TPSA) is 52.6 Å². The normalized spacial score (nSPS) is 10.6. The number of anilines is 1. The van der Waals surface area contributed by atoms with Crippen molar-refractivity contribution in [2.75, 3.05) is 31.2 Å². The third kappa shape index (κ3) is 4.75. The molecule has 0 atom stereocenters. The molecule has 0 unspecified atom stereocenters. The minimum Gasteiger partial charge on any atom is -0.303 e. The summed E-state index contributed by atoms with van der Waals surface area (Å²) in [5, 5.41) is 1.33. The summed E-state index contributed by atoms with van der Waals surface area (Å²) in [5.41, 5.74) is 3.20. The summed E-state index contributed by atoms with van der Waals surface area (Å²) < 4.78 is 0. The first-order valence-corrected chi connectivity index (χ1v) is 6.96. The van der Waals surface area contributed by atoms with Crippen molar-refractivity contribution in [3.63, 3.8) is 0 Å². The smallest absolute Gasteiger partial charge is 0.238 e. The van der Waals surface area contributed by atoms with Gasteiger partial charge in [0.15, 0.2) is 0 Å². The fourth-order valence-electron chi connectivity index (χ4n) is 1.93. The maximum atomic E-state index is 11.9. The molecule has 5 heteroatoms. The maximum Gasteiger partial charge on any atom is 0.238 e. The van der Waals surface area contributed by atoms with Crippen molar-refractivity contribution in [3.05, 3.63) is 40.6 Å². The van der Waals surface area contributed by atoms with Crippen LogP contribution in [0, 0.1) is 0 Å². The van der Waals surface area contributed by atoms with Gasteiger partial charge in [-0.15, -0.1) is 0 Å². The predicted molar refractivity (Wildman–Crippen MR) is 81.7 cm³/mol. The molecule has 1 aromatic carbocycles. The van der Waals surface area contributed by atoms with Crippen LogP contribution >= 0.6 is 0 Å². The first-order chi connectivity index (χ1) is 9.60. The van der Waals surface area contributed by atoms with Crippen LogP contribution in [-0.2, 0) is 4.79 Å². The zero-order valence-corrected chi connectivity index (χ0v) is 12.4. The Balaban J connectivity index is 2.78. The molecule has 0 saturated heterocycles. The molecule has 20 heavy (non-hydrogen) atoms. The lowest BCUT2D eigenvalue weighted by Crippen LogP contribution is -2.47. The quantitative estimate of drug-likeness (QED) is 0.762. The Bertz CT molecular complexity index is 487. The summed E-state index contributed by atoms with van der Waals surface area (Å²) in [6, 6.07) is 8.28. The van der Waals surface area contributed by atoms with E-state index < -0.39 is 0 Å². The summed E-state index contributed by atoms with van der Waals surface area (Å²) >= 11 is 0. The molecule has 0 fully saturated rings. The SMILES string of the molecule is CCN(CC)CCNN(C(C)=O)c1cccccc1=O. The highest BCUT2D eigenvalue weighted by molar-refractivity contribution is 5.90. The van der Waals surface area contributed by atoms with Crippen molar-refractivity contribution < 1.29 is 4.79 Å².